The molecule has 23 heavy (non-hydrogen) atoms. The zero-order valence-corrected chi connectivity index (χ0v) is 13.7. The van der Waals surface area contributed by atoms with Crippen LogP contribution in [0, 0.1) is 11.7 Å². The normalized spacial score (nSPS) is 30.7. The van der Waals surface area contributed by atoms with Crippen molar-refractivity contribution < 1.29 is 13.9 Å². The lowest BCUT2D eigenvalue weighted by Crippen LogP contribution is -2.57. The van der Waals surface area contributed by atoms with E-state index >= 15 is 0 Å². The zero-order chi connectivity index (χ0) is 16.2. The van der Waals surface area contributed by atoms with Crippen molar-refractivity contribution in [1.29, 1.82) is 0 Å². The number of fused-ring (bicyclic) bond motifs is 4. The summed E-state index contributed by atoms with van der Waals surface area (Å²) in [5.74, 6) is 0.513. The van der Waals surface area contributed by atoms with Gasteiger partial charge < -0.3 is 15.0 Å². The van der Waals surface area contributed by atoms with Crippen molar-refractivity contribution in [3.63, 3.8) is 0 Å². The Bertz CT molecular complexity index is 651. The summed E-state index contributed by atoms with van der Waals surface area (Å²) in [5.41, 5.74) is 0.733. The quantitative estimate of drug-likeness (QED) is 0.910. The Morgan fingerprint density at radius 1 is 1.35 bits per heavy atom. The summed E-state index contributed by atoms with van der Waals surface area (Å²) < 4.78 is 19.8. The number of carbonyl (C=O) groups is 1. The Morgan fingerprint density at radius 3 is 2.74 bits per heavy atom. The van der Waals surface area contributed by atoms with Gasteiger partial charge in [0.2, 0.25) is 0 Å². The molecule has 0 saturated carbocycles. The third kappa shape index (κ3) is 2.71. The number of hydrogen-bond acceptors (Lipinski definition) is 3. The molecule has 1 unspecified atom stereocenters. The van der Waals surface area contributed by atoms with Gasteiger partial charge in [-0.3, -0.25) is 4.79 Å². The van der Waals surface area contributed by atoms with E-state index in [1.165, 1.54) is 12.1 Å². The van der Waals surface area contributed by atoms with Gasteiger partial charge in [-0.1, -0.05) is 0 Å². The first-order chi connectivity index (χ1) is 10.9. The summed E-state index contributed by atoms with van der Waals surface area (Å²) in [5, 5.41) is 3.12. The number of ether oxygens (including phenoxy) is 1. The molecule has 4 aliphatic rings. The van der Waals surface area contributed by atoms with Crippen molar-refractivity contribution >= 4 is 5.91 Å². The minimum atomic E-state index is -0.388. The van der Waals surface area contributed by atoms with Crippen molar-refractivity contribution in [2.45, 2.75) is 44.8 Å². The van der Waals surface area contributed by atoms with Gasteiger partial charge in [0.1, 0.15) is 17.2 Å². The Hall–Kier alpha value is -1.62. The largest absolute Gasteiger partial charge is 0.486 e. The highest BCUT2D eigenvalue weighted by atomic mass is 19.1. The third-order valence-electron chi connectivity index (χ3n) is 5.34. The highest BCUT2D eigenvalue weighted by Crippen LogP contribution is 2.38. The molecule has 4 nitrogen and oxygen atoms in total. The molecule has 4 aliphatic heterocycles. The first kappa shape index (κ1) is 14.9. The van der Waals surface area contributed by atoms with Crippen LogP contribution in [0.15, 0.2) is 12.1 Å². The summed E-state index contributed by atoms with van der Waals surface area (Å²) in [7, 11) is 0. The second kappa shape index (κ2) is 5.20. The molecule has 4 heterocycles. The van der Waals surface area contributed by atoms with Crippen molar-refractivity contribution in [3.05, 3.63) is 29.1 Å². The van der Waals surface area contributed by atoms with Crippen LogP contribution in [0.3, 0.4) is 0 Å². The van der Waals surface area contributed by atoms with E-state index in [0.29, 0.717) is 23.7 Å². The fourth-order valence-electron chi connectivity index (χ4n) is 4.22. The van der Waals surface area contributed by atoms with E-state index in [2.05, 4.69) is 10.2 Å². The number of benzene rings is 1. The highest BCUT2D eigenvalue weighted by Gasteiger charge is 2.37. The average molecular weight is 318 g/mol. The van der Waals surface area contributed by atoms with Crippen LogP contribution in [0.4, 0.5) is 4.39 Å². The maximum Gasteiger partial charge on any atom is 0.255 e. The van der Waals surface area contributed by atoms with Crippen LogP contribution in [0.2, 0.25) is 0 Å². The zero-order valence-electron chi connectivity index (χ0n) is 13.7. The van der Waals surface area contributed by atoms with E-state index in [1.54, 1.807) is 0 Å². The summed E-state index contributed by atoms with van der Waals surface area (Å²) in [6, 6.07) is 2.95. The molecule has 1 N–H and O–H groups in total. The molecule has 0 aromatic heterocycles. The Labute approximate surface area is 136 Å². The summed E-state index contributed by atoms with van der Waals surface area (Å²) >= 11 is 0. The summed E-state index contributed by atoms with van der Waals surface area (Å²) in [4.78, 5) is 15.1. The summed E-state index contributed by atoms with van der Waals surface area (Å²) in [6.07, 6.45) is 2.89. The maximum atomic E-state index is 13.9. The molecular formula is C18H23FN2O2. The van der Waals surface area contributed by atoms with Crippen molar-refractivity contribution in [2.75, 3.05) is 19.6 Å². The van der Waals surface area contributed by atoms with Crippen LogP contribution in [-0.4, -0.2) is 42.1 Å². The number of piperidine rings is 3. The van der Waals surface area contributed by atoms with E-state index < -0.39 is 0 Å². The first-order valence-corrected chi connectivity index (χ1v) is 8.46. The van der Waals surface area contributed by atoms with Gasteiger partial charge in [0.25, 0.3) is 5.91 Å². The first-order valence-electron chi connectivity index (χ1n) is 8.46. The lowest BCUT2D eigenvalue weighted by molar-refractivity contribution is 0.0615. The van der Waals surface area contributed by atoms with Crippen LogP contribution in [0.1, 0.15) is 42.6 Å². The highest BCUT2D eigenvalue weighted by molar-refractivity contribution is 5.97. The van der Waals surface area contributed by atoms with Gasteiger partial charge in [-0.25, -0.2) is 4.39 Å². The Morgan fingerprint density at radius 2 is 2.09 bits per heavy atom. The molecule has 2 bridgehead atoms. The van der Waals surface area contributed by atoms with Gasteiger partial charge in [-0.05, 0) is 57.8 Å². The molecule has 0 spiro atoms. The fraction of sp³-hybridized carbons (Fsp3) is 0.611. The Balaban J connectivity index is 1.58. The molecule has 3 saturated heterocycles. The van der Waals surface area contributed by atoms with E-state index in [9.17, 15) is 9.18 Å². The van der Waals surface area contributed by atoms with Gasteiger partial charge in [-0.15, -0.1) is 0 Å². The van der Waals surface area contributed by atoms with Gasteiger partial charge in [0.05, 0.1) is 5.56 Å². The number of hydrogen-bond donors (Lipinski definition) is 1. The van der Waals surface area contributed by atoms with Crippen LogP contribution < -0.4 is 10.1 Å². The smallest absolute Gasteiger partial charge is 0.255 e. The number of halogens is 1. The number of carbonyl (C=O) groups excluding carboxylic acids is 1. The minimum Gasteiger partial charge on any atom is -0.486 e. The van der Waals surface area contributed by atoms with Gasteiger partial charge in [0.15, 0.2) is 0 Å². The second-order valence-electron chi connectivity index (χ2n) is 7.70. The molecule has 1 aromatic carbocycles. The number of rotatable bonds is 2. The van der Waals surface area contributed by atoms with Gasteiger partial charge in [-0.2, -0.15) is 0 Å². The van der Waals surface area contributed by atoms with E-state index in [0.717, 1.165) is 38.0 Å². The topological polar surface area (TPSA) is 41.6 Å². The van der Waals surface area contributed by atoms with E-state index in [-0.39, 0.29) is 23.4 Å². The molecule has 124 valence electrons. The number of nitrogens with one attached hydrogen (secondary N) is 1. The number of nitrogens with zero attached hydrogens (tertiary/aromatic N) is 1. The molecule has 3 fully saturated rings. The predicted octanol–water partition coefficient (Wildman–Crippen LogP) is 2.36. The second-order valence-corrected chi connectivity index (χ2v) is 7.70. The molecule has 1 atom stereocenters. The minimum absolute atomic E-state index is 0.165. The molecular weight excluding hydrogens is 295 g/mol. The lowest BCUT2D eigenvalue weighted by Gasteiger charge is -2.44. The monoisotopic (exact) mass is 318 g/mol. The summed E-state index contributed by atoms with van der Waals surface area (Å²) in [6.45, 7) is 7.08. The fourth-order valence-corrected chi connectivity index (χ4v) is 4.22. The Kier molecular flexibility index (Phi) is 3.38. The lowest BCUT2D eigenvalue weighted by atomic mass is 9.84. The molecule has 1 amide bonds. The van der Waals surface area contributed by atoms with Crippen LogP contribution >= 0.6 is 0 Å². The van der Waals surface area contributed by atoms with E-state index in [4.69, 9.17) is 4.74 Å². The van der Waals surface area contributed by atoms with Crippen LogP contribution in [-0.2, 0) is 6.42 Å². The van der Waals surface area contributed by atoms with Crippen molar-refractivity contribution in [3.8, 4) is 5.75 Å². The van der Waals surface area contributed by atoms with Gasteiger partial charge >= 0.3 is 0 Å². The SMILES string of the molecule is CC1(C)Cc2cc(F)cc(C(=O)NC3CN4CCC3CC4)c2O1. The maximum absolute atomic E-state index is 13.9. The standard InChI is InChI=1S/C18H23FN2O2/c1-18(2)9-12-7-13(19)8-14(16(12)23-18)17(22)20-15-10-21-5-3-11(15)4-6-21/h7-8,11,15H,3-6,9-10H2,1-2H3,(H,20,22). The van der Waals surface area contributed by atoms with E-state index in [1.807, 2.05) is 13.8 Å². The number of amides is 1. The molecule has 0 aliphatic carbocycles. The average Bonchev–Trinajstić information content (AvgIpc) is 2.81. The molecule has 0 radical (unpaired) electrons. The van der Waals surface area contributed by atoms with Crippen LogP contribution in [0.5, 0.6) is 5.75 Å². The van der Waals surface area contributed by atoms with Crippen LogP contribution in [0.25, 0.3) is 0 Å². The predicted molar refractivity (Wildman–Crippen MR) is 85.2 cm³/mol. The molecule has 5 rings (SSSR count). The molecule has 1 aromatic rings. The van der Waals surface area contributed by atoms with Crippen molar-refractivity contribution in [2.24, 2.45) is 5.92 Å². The van der Waals surface area contributed by atoms with Gasteiger partial charge in [0, 0.05) is 24.6 Å². The van der Waals surface area contributed by atoms with Crippen molar-refractivity contribution in [1.82, 2.24) is 10.2 Å². The third-order valence-corrected chi connectivity index (χ3v) is 5.34. The molecule has 5 heteroatoms.